The lowest BCUT2D eigenvalue weighted by molar-refractivity contribution is -0.385. The van der Waals surface area contributed by atoms with Crippen LogP contribution in [0.5, 0.6) is 11.5 Å². The number of nitrogens with one attached hydrogen (secondary N) is 1. The maximum Gasteiger partial charge on any atom is 0.311 e. The number of hydrogen-bond donors (Lipinski definition) is 1. The fourth-order valence-corrected chi connectivity index (χ4v) is 2.53. The van der Waals surface area contributed by atoms with Crippen LogP contribution in [0.2, 0.25) is 5.02 Å². The fraction of sp³-hybridized carbons (Fsp3) is 0.263. The van der Waals surface area contributed by atoms with Gasteiger partial charge in [-0.2, -0.15) is 5.10 Å². The van der Waals surface area contributed by atoms with Gasteiger partial charge < -0.3 is 9.47 Å². The minimum absolute atomic E-state index is 0.141. The van der Waals surface area contributed by atoms with E-state index >= 15 is 0 Å². The molecule has 1 atom stereocenters. The predicted octanol–water partition coefficient (Wildman–Crippen LogP) is 3.79. The summed E-state index contributed by atoms with van der Waals surface area (Å²) in [4.78, 5) is 22.6. The normalized spacial score (nSPS) is 11.9. The van der Waals surface area contributed by atoms with Crippen molar-refractivity contribution in [3.63, 3.8) is 0 Å². The van der Waals surface area contributed by atoms with E-state index < -0.39 is 16.9 Å². The van der Waals surface area contributed by atoms with Crippen molar-refractivity contribution in [1.29, 1.82) is 0 Å². The van der Waals surface area contributed by atoms with Crippen LogP contribution < -0.4 is 14.9 Å². The minimum Gasteiger partial charge on any atom is -0.490 e. The number of amides is 1. The number of hydrazone groups is 1. The van der Waals surface area contributed by atoms with E-state index in [1.165, 1.54) is 25.5 Å². The minimum atomic E-state index is -0.803. The summed E-state index contributed by atoms with van der Waals surface area (Å²) in [7, 11) is 1.35. The first kappa shape index (κ1) is 21.2. The molecular weight excluding hydrogens is 386 g/mol. The summed E-state index contributed by atoms with van der Waals surface area (Å²) >= 11 is 6.12. The number of hydrogen-bond acceptors (Lipinski definition) is 6. The zero-order valence-electron chi connectivity index (χ0n) is 15.9. The molecule has 0 aliphatic heterocycles. The van der Waals surface area contributed by atoms with E-state index in [4.69, 9.17) is 21.1 Å². The molecule has 9 heteroatoms. The highest BCUT2D eigenvalue weighted by atomic mass is 35.5. The molecule has 0 radical (unpaired) electrons. The molecule has 148 valence electrons. The highest BCUT2D eigenvalue weighted by Crippen LogP contribution is 2.27. The van der Waals surface area contributed by atoms with Gasteiger partial charge in [-0.25, -0.2) is 5.43 Å². The van der Waals surface area contributed by atoms with Gasteiger partial charge in [-0.05, 0) is 56.2 Å². The molecule has 28 heavy (non-hydrogen) atoms. The number of carbonyl (C=O) groups is 1. The average Bonchev–Trinajstić information content (AvgIpc) is 2.65. The number of aryl methyl sites for hydroxylation is 2. The number of nitrogens with zero attached hydrogens (tertiary/aromatic N) is 2. The third-order valence-corrected chi connectivity index (χ3v) is 4.48. The van der Waals surface area contributed by atoms with Gasteiger partial charge in [0.25, 0.3) is 5.91 Å². The molecule has 0 saturated carbocycles. The van der Waals surface area contributed by atoms with Crippen LogP contribution in [0.3, 0.4) is 0 Å². The molecule has 0 aromatic heterocycles. The number of nitro benzene ring substituents is 1. The Morgan fingerprint density at radius 3 is 2.50 bits per heavy atom. The molecule has 2 aromatic rings. The van der Waals surface area contributed by atoms with Gasteiger partial charge in [0.05, 0.1) is 18.2 Å². The summed E-state index contributed by atoms with van der Waals surface area (Å²) in [5.41, 5.74) is 4.29. The third kappa shape index (κ3) is 5.20. The molecule has 1 unspecified atom stereocenters. The maximum absolute atomic E-state index is 12.1. The maximum atomic E-state index is 12.1. The van der Waals surface area contributed by atoms with E-state index in [0.717, 1.165) is 11.1 Å². The Morgan fingerprint density at radius 2 is 1.93 bits per heavy atom. The summed E-state index contributed by atoms with van der Waals surface area (Å²) in [6, 6.07) is 7.84. The average molecular weight is 406 g/mol. The number of carbonyl (C=O) groups excluding carboxylic acids is 1. The quantitative estimate of drug-likeness (QED) is 0.428. The number of methoxy groups -OCH3 is 1. The lowest BCUT2D eigenvalue weighted by Gasteiger charge is -2.14. The largest absolute Gasteiger partial charge is 0.490 e. The summed E-state index contributed by atoms with van der Waals surface area (Å²) in [6.45, 7) is 5.29. The Balaban J connectivity index is 2.01. The lowest BCUT2D eigenvalue weighted by Crippen LogP contribution is -2.33. The molecule has 1 amide bonds. The van der Waals surface area contributed by atoms with Gasteiger partial charge >= 0.3 is 5.69 Å². The van der Waals surface area contributed by atoms with Crippen molar-refractivity contribution in [2.45, 2.75) is 26.9 Å². The third-order valence-electron chi connectivity index (χ3n) is 3.88. The summed E-state index contributed by atoms with van der Waals surface area (Å²) in [5.74, 6) is 0.197. The van der Waals surface area contributed by atoms with Crippen LogP contribution >= 0.6 is 11.6 Å². The Kier molecular flexibility index (Phi) is 6.94. The first-order valence-electron chi connectivity index (χ1n) is 8.31. The molecular formula is C19H20ClN3O5. The van der Waals surface area contributed by atoms with Crippen molar-refractivity contribution in [2.24, 2.45) is 5.10 Å². The standard InChI is InChI=1S/C19H20ClN3O5/c1-11-7-15(8-12(2)18(11)20)28-13(3)19(24)22-21-10-14-5-6-17(27-4)16(9-14)23(25)26/h5-10,13H,1-4H3,(H,22,24)/b21-10+. The zero-order valence-corrected chi connectivity index (χ0v) is 16.6. The Hall–Kier alpha value is -3.13. The Labute approximate surface area is 167 Å². The monoisotopic (exact) mass is 405 g/mol. The van der Waals surface area contributed by atoms with Crippen molar-refractivity contribution >= 4 is 29.4 Å². The molecule has 2 aromatic carbocycles. The van der Waals surface area contributed by atoms with Crippen LogP contribution in [0.15, 0.2) is 35.4 Å². The van der Waals surface area contributed by atoms with Crippen molar-refractivity contribution in [2.75, 3.05) is 7.11 Å². The van der Waals surface area contributed by atoms with E-state index in [9.17, 15) is 14.9 Å². The molecule has 0 fully saturated rings. The van der Waals surface area contributed by atoms with Crippen LogP contribution in [-0.2, 0) is 4.79 Å². The molecule has 1 N–H and O–H groups in total. The Morgan fingerprint density at radius 1 is 1.29 bits per heavy atom. The second-order valence-corrected chi connectivity index (χ2v) is 6.43. The molecule has 8 nitrogen and oxygen atoms in total. The van der Waals surface area contributed by atoms with Crippen molar-refractivity contribution in [3.8, 4) is 11.5 Å². The first-order chi connectivity index (χ1) is 13.2. The lowest BCUT2D eigenvalue weighted by atomic mass is 10.1. The van der Waals surface area contributed by atoms with E-state index in [0.29, 0.717) is 16.3 Å². The van der Waals surface area contributed by atoms with Crippen LogP contribution in [0, 0.1) is 24.0 Å². The summed E-state index contributed by atoms with van der Waals surface area (Å²) in [6.07, 6.45) is 0.496. The number of rotatable bonds is 7. The van der Waals surface area contributed by atoms with Gasteiger partial charge in [0.1, 0.15) is 5.75 Å². The van der Waals surface area contributed by atoms with Crippen LogP contribution in [0.4, 0.5) is 5.69 Å². The molecule has 0 heterocycles. The number of nitro groups is 1. The fourth-order valence-electron chi connectivity index (χ4n) is 2.42. The molecule has 0 saturated heterocycles. The first-order valence-corrected chi connectivity index (χ1v) is 8.69. The van der Waals surface area contributed by atoms with Gasteiger partial charge in [0, 0.05) is 16.7 Å². The predicted molar refractivity (Wildman–Crippen MR) is 106 cm³/mol. The van der Waals surface area contributed by atoms with Crippen molar-refractivity contribution in [3.05, 3.63) is 62.2 Å². The molecule has 0 aliphatic rings. The summed E-state index contributed by atoms with van der Waals surface area (Å²) in [5, 5.41) is 15.5. The topological polar surface area (TPSA) is 103 Å². The van der Waals surface area contributed by atoms with Gasteiger partial charge in [-0.3, -0.25) is 14.9 Å². The van der Waals surface area contributed by atoms with Gasteiger partial charge in [0.2, 0.25) is 0 Å². The van der Waals surface area contributed by atoms with Gasteiger partial charge in [0.15, 0.2) is 11.9 Å². The Bertz CT molecular complexity index is 907. The second kappa shape index (κ2) is 9.18. The van der Waals surface area contributed by atoms with Crippen molar-refractivity contribution in [1.82, 2.24) is 5.43 Å². The van der Waals surface area contributed by atoms with E-state index in [2.05, 4.69) is 10.5 Å². The molecule has 0 aliphatic carbocycles. The smallest absolute Gasteiger partial charge is 0.311 e. The zero-order chi connectivity index (χ0) is 20.8. The number of benzene rings is 2. The van der Waals surface area contributed by atoms with Crippen LogP contribution in [0.25, 0.3) is 0 Å². The van der Waals surface area contributed by atoms with E-state index in [1.807, 2.05) is 13.8 Å². The van der Waals surface area contributed by atoms with E-state index in [1.54, 1.807) is 25.1 Å². The molecule has 2 rings (SSSR count). The van der Waals surface area contributed by atoms with E-state index in [-0.39, 0.29) is 11.4 Å². The summed E-state index contributed by atoms with van der Waals surface area (Å²) < 4.78 is 10.6. The van der Waals surface area contributed by atoms with Crippen LogP contribution in [-0.4, -0.2) is 30.3 Å². The second-order valence-electron chi connectivity index (χ2n) is 6.05. The van der Waals surface area contributed by atoms with Crippen molar-refractivity contribution < 1.29 is 19.2 Å². The molecule has 0 bridgehead atoms. The molecule has 0 spiro atoms. The van der Waals surface area contributed by atoms with Gasteiger partial charge in [-0.15, -0.1) is 0 Å². The highest BCUT2D eigenvalue weighted by Gasteiger charge is 2.16. The highest BCUT2D eigenvalue weighted by molar-refractivity contribution is 6.32. The SMILES string of the molecule is COc1ccc(/C=N/NC(=O)C(C)Oc2cc(C)c(Cl)c(C)c2)cc1[N+](=O)[O-]. The number of halogens is 1. The number of ether oxygens (including phenoxy) is 2. The van der Waals surface area contributed by atoms with Crippen LogP contribution in [0.1, 0.15) is 23.6 Å². The van der Waals surface area contributed by atoms with Gasteiger partial charge in [-0.1, -0.05) is 11.6 Å².